The molecule has 0 aliphatic carbocycles. The van der Waals surface area contributed by atoms with Gasteiger partial charge in [0.15, 0.2) is 0 Å². The summed E-state index contributed by atoms with van der Waals surface area (Å²) in [4.78, 5) is 11.5. The molecule has 0 aromatic heterocycles. The van der Waals surface area contributed by atoms with Gasteiger partial charge in [0, 0.05) is 10.7 Å². The Balaban J connectivity index is 2.06. The van der Waals surface area contributed by atoms with E-state index in [4.69, 9.17) is 23.2 Å². The van der Waals surface area contributed by atoms with Crippen LogP contribution in [0.3, 0.4) is 0 Å². The second kappa shape index (κ2) is 5.36. The fourth-order valence-corrected chi connectivity index (χ4v) is 3.42. The number of halogens is 2. The van der Waals surface area contributed by atoms with Crippen molar-refractivity contribution in [2.45, 2.75) is 25.6 Å². The Morgan fingerprint density at radius 1 is 1.19 bits per heavy atom. The van der Waals surface area contributed by atoms with E-state index in [0.717, 1.165) is 22.4 Å². The van der Waals surface area contributed by atoms with Gasteiger partial charge in [0.25, 0.3) is 0 Å². The number of carbonyl (C=O) groups is 1. The smallest absolute Gasteiger partial charge is 0.228 e. The predicted molar refractivity (Wildman–Crippen MR) is 87.4 cm³/mol. The first-order valence-corrected chi connectivity index (χ1v) is 7.61. The lowest BCUT2D eigenvalue weighted by atomic mass is 9.95. The second-order valence-corrected chi connectivity index (χ2v) is 6.25. The van der Waals surface area contributed by atoms with Gasteiger partial charge in [-0.05, 0) is 53.8 Å². The molecule has 1 amide bonds. The van der Waals surface area contributed by atoms with Crippen LogP contribution < -0.4 is 5.32 Å². The number of alkyl halides is 1. The van der Waals surface area contributed by atoms with Crippen LogP contribution in [0.15, 0.2) is 30.3 Å². The molecule has 1 heterocycles. The minimum absolute atomic E-state index is 0.00363. The van der Waals surface area contributed by atoms with Crippen LogP contribution in [-0.4, -0.2) is 5.91 Å². The summed E-state index contributed by atoms with van der Waals surface area (Å²) in [5.41, 5.74) is 6.02. The molecule has 0 fully saturated rings. The third-order valence-corrected chi connectivity index (χ3v) is 4.84. The number of benzene rings is 2. The predicted octanol–water partition coefficient (Wildman–Crippen LogP) is 4.78. The van der Waals surface area contributed by atoms with Crippen molar-refractivity contribution in [2.75, 3.05) is 5.32 Å². The zero-order chi connectivity index (χ0) is 15.1. The average molecular weight is 320 g/mol. The van der Waals surface area contributed by atoms with E-state index < -0.39 is 0 Å². The summed E-state index contributed by atoms with van der Waals surface area (Å²) >= 11 is 13.0. The topological polar surface area (TPSA) is 29.1 Å². The number of carbonyl (C=O) groups excluding carboxylic acids is 1. The largest absolute Gasteiger partial charge is 0.325 e. The SMILES string of the molecule is Cc1cccc(C(Cl)c2cc3c(cc2Cl)NC(=O)C3)c1C. The molecule has 0 radical (unpaired) electrons. The lowest BCUT2D eigenvalue weighted by molar-refractivity contribution is -0.115. The van der Waals surface area contributed by atoms with Gasteiger partial charge in [-0.1, -0.05) is 29.8 Å². The Kier molecular flexibility index (Phi) is 3.68. The molecule has 0 spiro atoms. The molecule has 4 heteroatoms. The molecule has 1 aliphatic heterocycles. The van der Waals surface area contributed by atoms with Gasteiger partial charge in [-0.3, -0.25) is 4.79 Å². The van der Waals surface area contributed by atoms with E-state index in [1.807, 2.05) is 18.2 Å². The van der Waals surface area contributed by atoms with Gasteiger partial charge in [0.05, 0.1) is 11.8 Å². The maximum Gasteiger partial charge on any atom is 0.228 e. The summed E-state index contributed by atoms with van der Waals surface area (Å²) in [7, 11) is 0. The van der Waals surface area contributed by atoms with E-state index in [-0.39, 0.29) is 11.3 Å². The zero-order valence-electron chi connectivity index (χ0n) is 11.8. The molecule has 21 heavy (non-hydrogen) atoms. The van der Waals surface area contributed by atoms with Crippen molar-refractivity contribution in [3.63, 3.8) is 0 Å². The van der Waals surface area contributed by atoms with Gasteiger partial charge in [-0.15, -0.1) is 11.6 Å². The van der Waals surface area contributed by atoms with Gasteiger partial charge < -0.3 is 5.32 Å². The third-order valence-electron chi connectivity index (χ3n) is 4.04. The van der Waals surface area contributed by atoms with Crippen LogP contribution in [0.25, 0.3) is 0 Å². The van der Waals surface area contributed by atoms with Crippen molar-refractivity contribution in [3.8, 4) is 0 Å². The molecule has 0 bridgehead atoms. The molecule has 1 N–H and O–H groups in total. The van der Waals surface area contributed by atoms with Crippen LogP contribution in [-0.2, 0) is 11.2 Å². The second-order valence-electron chi connectivity index (χ2n) is 5.41. The molecule has 2 aromatic carbocycles. The molecule has 0 saturated heterocycles. The summed E-state index contributed by atoms with van der Waals surface area (Å²) in [6, 6.07) is 9.81. The van der Waals surface area contributed by atoms with Crippen molar-refractivity contribution in [1.29, 1.82) is 0 Å². The highest BCUT2D eigenvalue weighted by molar-refractivity contribution is 6.33. The van der Waals surface area contributed by atoms with E-state index in [2.05, 4.69) is 25.2 Å². The minimum atomic E-state index is -0.321. The first-order chi connectivity index (χ1) is 9.97. The molecule has 0 saturated carbocycles. The van der Waals surface area contributed by atoms with E-state index >= 15 is 0 Å². The zero-order valence-corrected chi connectivity index (χ0v) is 13.3. The molecule has 2 aromatic rings. The first kappa shape index (κ1) is 14.4. The van der Waals surface area contributed by atoms with Crippen molar-refractivity contribution >= 4 is 34.8 Å². The van der Waals surface area contributed by atoms with Crippen molar-refractivity contribution in [3.05, 3.63) is 63.2 Å². The Bertz CT molecular complexity index is 740. The van der Waals surface area contributed by atoms with E-state index in [1.165, 1.54) is 11.1 Å². The monoisotopic (exact) mass is 319 g/mol. The highest BCUT2D eigenvalue weighted by atomic mass is 35.5. The van der Waals surface area contributed by atoms with Crippen LogP contribution >= 0.6 is 23.2 Å². The van der Waals surface area contributed by atoms with Crippen molar-refractivity contribution in [1.82, 2.24) is 0 Å². The Labute approximate surface area is 134 Å². The highest BCUT2D eigenvalue weighted by Crippen LogP contribution is 2.39. The number of rotatable bonds is 2. The number of amides is 1. The molecule has 3 rings (SSSR count). The number of hydrogen-bond acceptors (Lipinski definition) is 1. The van der Waals surface area contributed by atoms with Crippen LogP contribution in [0.4, 0.5) is 5.69 Å². The highest BCUT2D eigenvalue weighted by Gasteiger charge is 2.23. The van der Waals surface area contributed by atoms with E-state index in [9.17, 15) is 4.79 Å². The molecule has 1 unspecified atom stereocenters. The number of anilines is 1. The van der Waals surface area contributed by atoms with Gasteiger partial charge >= 0.3 is 0 Å². The standard InChI is InChI=1S/C17H15Cl2NO/c1-9-4-3-5-12(10(9)2)17(19)13-6-11-7-16(21)20-15(11)8-14(13)18/h3-6,8,17H,7H2,1-2H3,(H,20,21). The maximum atomic E-state index is 11.5. The first-order valence-electron chi connectivity index (χ1n) is 6.79. The lowest BCUT2D eigenvalue weighted by Crippen LogP contribution is -2.03. The molecule has 2 nitrogen and oxygen atoms in total. The summed E-state index contributed by atoms with van der Waals surface area (Å²) in [6.45, 7) is 4.13. The van der Waals surface area contributed by atoms with Crippen LogP contribution in [0, 0.1) is 13.8 Å². The Hall–Kier alpha value is -1.51. The average Bonchev–Trinajstić information content (AvgIpc) is 2.79. The van der Waals surface area contributed by atoms with Gasteiger partial charge in [0.2, 0.25) is 5.91 Å². The summed E-state index contributed by atoms with van der Waals surface area (Å²) in [5, 5.41) is 3.06. The number of aryl methyl sites for hydroxylation is 1. The summed E-state index contributed by atoms with van der Waals surface area (Å²) in [6.07, 6.45) is 0.385. The third kappa shape index (κ3) is 2.54. The quantitative estimate of drug-likeness (QED) is 0.793. The molecule has 108 valence electrons. The number of fused-ring (bicyclic) bond motifs is 1. The Morgan fingerprint density at radius 3 is 2.71 bits per heavy atom. The molecular formula is C17H15Cl2NO. The van der Waals surface area contributed by atoms with Crippen molar-refractivity contribution in [2.24, 2.45) is 0 Å². The van der Waals surface area contributed by atoms with Gasteiger partial charge in [-0.25, -0.2) is 0 Å². The fraction of sp³-hybridized carbons (Fsp3) is 0.235. The van der Waals surface area contributed by atoms with Crippen molar-refractivity contribution < 1.29 is 4.79 Å². The minimum Gasteiger partial charge on any atom is -0.325 e. The normalized spacial score (nSPS) is 14.8. The molecular weight excluding hydrogens is 305 g/mol. The van der Waals surface area contributed by atoms with E-state index in [1.54, 1.807) is 6.07 Å². The van der Waals surface area contributed by atoms with E-state index in [0.29, 0.717) is 11.4 Å². The molecule has 1 atom stereocenters. The van der Waals surface area contributed by atoms with Crippen LogP contribution in [0.5, 0.6) is 0 Å². The van der Waals surface area contributed by atoms with Gasteiger partial charge in [0.1, 0.15) is 0 Å². The lowest BCUT2D eigenvalue weighted by Gasteiger charge is -2.17. The Morgan fingerprint density at radius 2 is 1.95 bits per heavy atom. The van der Waals surface area contributed by atoms with Crippen LogP contribution in [0.2, 0.25) is 5.02 Å². The maximum absolute atomic E-state index is 11.5. The number of hydrogen-bond donors (Lipinski definition) is 1. The number of nitrogens with one attached hydrogen (secondary N) is 1. The van der Waals surface area contributed by atoms with Crippen LogP contribution in [0.1, 0.15) is 33.2 Å². The fourth-order valence-electron chi connectivity index (χ4n) is 2.68. The van der Waals surface area contributed by atoms with Gasteiger partial charge in [-0.2, -0.15) is 0 Å². The summed E-state index contributed by atoms with van der Waals surface area (Å²) in [5.74, 6) is -0.00363. The summed E-state index contributed by atoms with van der Waals surface area (Å²) < 4.78 is 0. The molecule has 1 aliphatic rings.